The van der Waals surface area contributed by atoms with E-state index in [2.05, 4.69) is 26.2 Å². The lowest BCUT2D eigenvalue weighted by molar-refractivity contribution is -0.130. The van der Waals surface area contributed by atoms with E-state index in [9.17, 15) is 9.59 Å². The van der Waals surface area contributed by atoms with Crippen molar-refractivity contribution < 1.29 is 9.59 Å². The van der Waals surface area contributed by atoms with Crippen LogP contribution in [0.15, 0.2) is 24.5 Å². The maximum Gasteiger partial charge on any atom is 0.243 e. The molecule has 0 aliphatic carbocycles. The molecule has 0 unspecified atom stereocenters. The van der Waals surface area contributed by atoms with Gasteiger partial charge in [0.15, 0.2) is 0 Å². The molecule has 1 heterocycles. The molecule has 2 amide bonds. The maximum atomic E-state index is 11.9. The van der Waals surface area contributed by atoms with Gasteiger partial charge < -0.3 is 10.6 Å². The van der Waals surface area contributed by atoms with Crippen LogP contribution in [0.25, 0.3) is 5.69 Å². The van der Waals surface area contributed by atoms with Crippen molar-refractivity contribution in [1.29, 1.82) is 0 Å². The number of nitrogens with zero attached hydrogens (tertiary/aromatic N) is 4. The molecule has 1 aromatic heterocycles. The predicted molar refractivity (Wildman–Crippen MR) is 85.0 cm³/mol. The van der Waals surface area contributed by atoms with Crippen LogP contribution in [0.4, 0.5) is 5.69 Å². The maximum absolute atomic E-state index is 11.9. The molecule has 0 bridgehead atoms. The van der Waals surface area contributed by atoms with Crippen LogP contribution in [0.1, 0.15) is 26.3 Å². The van der Waals surface area contributed by atoms with E-state index in [-0.39, 0.29) is 18.4 Å². The van der Waals surface area contributed by atoms with Crippen molar-refractivity contribution in [2.24, 2.45) is 5.41 Å². The average molecular weight is 316 g/mol. The first-order valence-electron chi connectivity index (χ1n) is 7.19. The average Bonchev–Trinajstić information content (AvgIpc) is 2.97. The molecule has 0 spiro atoms. The summed E-state index contributed by atoms with van der Waals surface area (Å²) < 4.78 is 1.55. The number of aromatic nitrogens is 4. The summed E-state index contributed by atoms with van der Waals surface area (Å²) in [6.07, 6.45) is 1.50. The van der Waals surface area contributed by atoms with Gasteiger partial charge in [0.1, 0.15) is 6.33 Å². The van der Waals surface area contributed by atoms with Gasteiger partial charge >= 0.3 is 0 Å². The van der Waals surface area contributed by atoms with Gasteiger partial charge in [0.25, 0.3) is 0 Å². The van der Waals surface area contributed by atoms with Crippen LogP contribution in [0.5, 0.6) is 0 Å². The molecule has 2 rings (SSSR count). The van der Waals surface area contributed by atoms with Crippen molar-refractivity contribution >= 4 is 17.5 Å². The van der Waals surface area contributed by atoms with Crippen LogP contribution >= 0.6 is 0 Å². The van der Waals surface area contributed by atoms with E-state index < -0.39 is 5.41 Å². The summed E-state index contributed by atoms with van der Waals surface area (Å²) >= 11 is 0. The van der Waals surface area contributed by atoms with Gasteiger partial charge in [-0.15, -0.1) is 5.10 Å². The molecule has 0 aliphatic heterocycles. The highest BCUT2D eigenvalue weighted by atomic mass is 16.2. The van der Waals surface area contributed by atoms with Crippen molar-refractivity contribution in [3.05, 3.63) is 30.1 Å². The van der Waals surface area contributed by atoms with Crippen LogP contribution in [0.2, 0.25) is 0 Å². The Kier molecular flexibility index (Phi) is 4.73. The zero-order chi connectivity index (χ0) is 17.0. The molecule has 0 atom stereocenters. The van der Waals surface area contributed by atoms with Crippen molar-refractivity contribution in [2.75, 3.05) is 11.9 Å². The summed E-state index contributed by atoms with van der Waals surface area (Å²) in [6.45, 7) is 7.21. The molecule has 2 N–H and O–H groups in total. The van der Waals surface area contributed by atoms with E-state index >= 15 is 0 Å². The number of carbonyl (C=O) groups excluding carboxylic acids is 2. The SMILES string of the molecule is Cc1cc(NC(=O)CNC(=O)C(C)(C)C)ccc1-n1cnnn1. The Hall–Kier alpha value is -2.77. The lowest BCUT2D eigenvalue weighted by Gasteiger charge is -2.17. The molecular weight excluding hydrogens is 296 g/mol. The van der Waals surface area contributed by atoms with Crippen LogP contribution < -0.4 is 10.6 Å². The van der Waals surface area contributed by atoms with Crippen molar-refractivity contribution in [1.82, 2.24) is 25.5 Å². The van der Waals surface area contributed by atoms with Crippen molar-refractivity contribution in [3.63, 3.8) is 0 Å². The van der Waals surface area contributed by atoms with Gasteiger partial charge in [0.2, 0.25) is 11.8 Å². The fraction of sp³-hybridized carbons (Fsp3) is 0.400. The largest absolute Gasteiger partial charge is 0.347 e. The minimum absolute atomic E-state index is 0.0656. The van der Waals surface area contributed by atoms with Gasteiger partial charge in [0, 0.05) is 11.1 Å². The second-order valence-electron chi connectivity index (χ2n) is 6.24. The molecule has 0 aliphatic rings. The molecule has 0 fully saturated rings. The van der Waals surface area contributed by atoms with Crippen LogP contribution in [-0.2, 0) is 9.59 Å². The Morgan fingerprint density at radius 3 is 2.57 bits per heavy atom. The third kappa shape index (κ3) is 4.35. The standard InChI is InChI=1S/C15H20N6O2/c1-10-7-11(5-6-12(10)21-9-17-19-20-21)18-13(22)8-16-14(23)15(2,3)4/h5-7,9H,8H2,1-4H3,(H,16,23)(H,18,22). The number of aryl methyl sites for hydroxylation is 1. The first-order chi connectivity index (χ1) is 10.8. The highest BCUT2D eigenvalue weighted by Gasteiger charge is 2.21. The Labute approximate surface area is 134 Å². The van der Waals surface area contributed by atoms with Gasteiger partial charge in [-0.2, -0.15) is 0 Å². The Morgan fingerprint density at radius 2 is 2.00 bits per heavy atom. The summed E-state index contributed by atoms with van der Waals surface area (Å²) in [5, 5.41) is 16.4. The van der Waals surface area contributed by atoms with Crippen LogP contribution in [0, 0.1) is 12.3 Å². The highest BCUT2D eigenvalue weighted by molar-refractivity contribution is 5.95. The van der Waals surface area contributed by atoms with Crippen molar-refractivity contribution in [3.8, 4) is 5.69 Å². The topological polar surface area (TPSA) is 102 Å². The Balaban J connectivity index is 1.97. The zero-order valence-corrected chi connectivity index (χ0v) is 13.6. The molecule has 0 radical (unpaired) electrons. The molecule has 0 saturated heterocycles. The quantitative estimate of drug-likeness (QED) is 0.878. The minimum Gasteiger partial charge on any atom is -0.347 e. The third-order valence-electron chi connectivity index (χ3n) is 3.17. The summed E-state index contributed by atoms with van der Waals surface area (Å²) in [5.74, 6) is -0.449. The summed E-state index contributed by atoms with van der Waals surface area (Å²) in [6, 6.07) is 5.39. The number of benzene rings is 1. The normalized spacial score (nSPS) is 11.1. The number of hydrogen-bond acceptors (Lipinski definition) is 5. The van der Waals surface area contributed by atoms with E-state index in [4.69, 9.17) is 0 Å². The number of rotatable bonds is 4. The molecular formula is C15H20N6O2. The second kappa shape index (κ2) is 6.55. The monoisotopic (exact) mass is 316 g/mol. The first-order valence-corrected chi connectivity index (χ1v) is 7.19. The second-order valence-corrected chi connectivity index (χ2v) is 6.24. The highest BCUT2D eigenvalue weighted by Crippen LogP contribution is 2.17. The van der Waals surface area contributed by atoms with E-state index in [1.807, 2.05) is 19.1 Å². The van der Waals surface area contributed by atoms with Crippen LogP contribution in [-0.4, -0.2) is 38.6 Å². The number of carbonyl (C=O) groups is 2. The molecule has 122 valence electrons. The molecule has 1 aromatic carbocycles. The van der Waals surface area contributed by atoms with Crippen molar-refractivity contribution in [2.45, 2.75) is 27.7 Å². The number of nitrogens with one attached hydrogen (secondary N) is 2. The molecule has 8 nitrogen and oxygen atoms in total. The molecule has 8 heteroatoms. The number of anilines is 1. The minimum atomic E-state index is -0.523. The smallest absolute Gasteiger partial charge is 0.243 e. The first kappa shape index (κ1) is 16.6. The van der Waals surface area contributed by atoms with Gasteiger partial charge in [-0.1, -0.05) is 20.8 Å². The lowest BCUT2D eigenvalue weighted by Crippen LogP contribution is -2.39. The fourth-order valence-corrected chi connectivity index (χ4v) is 1.89. The zero-order valence-electron chi connectivity index (χ0n) is 13.6. The summed E-state index contributed by atoms with van der Waals surface area (Å²) in [4.78, 5) is 23.6. The molecule has 23 heavy (non-hydrogen) atoms. The Morgan fingerprint density at radius 1 is 1.26 bits per heavy atom. The fourth-order valence-electron chi connectivity index (χ4n) is 1.89. The van der Waals surface area contributed by atoms with Gasteiger partial charge in [-0.3, -0.25) is 9.59 Å². The van der Waals surface area contributed by atoms with Gasteiger partial charge in [-0.05, 0) is 41.1 Å². The van der Waals surface area contributed by atoms with Crippen LogP contribution in [0.3, 0.4) is 0 Å². The number of hydrogen-bond donors (Lipinski definition) is 2. The van der Waals surface area contributed by atoms with E-state index in [1.54, 1.807) is 31.5 Å². The lowest BCUT2D eigenvalue weighted by atomic mass is 9.96. The van der Waals surface area contributed by atoms with E-state index in [0.29, 0.717) is 5.69 Å². The van der Waals surface area contributed by atoms with Gasteiger partial charge in [0.05, 0.1) is 12.2 Å². The van der Waals surface area contributed by atoms with Gasteiger partial charge in [-0.25, -0.2) is 4.68 Å². The third-order valence-corrected chi connectivity index (χ3v) is 3.17. The Bertz CT molecular complexity index is 703. The van der Waals surface area contributed by atoms with E-state index in [0.717, 1.165) is 11.3 Å². The summed E-state index contributed by atoms with van der Waals surface area (Å²) in [5.41, 5.74) is 1.86. The molecule has 2 aromatic rings. The number of amides is 2. The number of tetrazole rings is 1. The molecule has 0 saturated carbocycles. The summed E-state index contributed by atoms with van der Waals surface area (Å²) in [7, 11) is 0. The van der Waals surface area contributed by atoms with E-state index in [1.165, 1.54) is 6.33 Å². The predicted octanol–water partition coefficient (Wildman–Crippen LogP) is 1.07.